The van der Waals surface area contributed by atoms with Crippen LogP contribution in [0.1, 0.15) is 5.56 Å². The normalized spacial score (nSPS) is 10.8. The maximum Gasteiger partial charge on any atom is 0.175 e. The lowest BCUT2D eigenvalue weighted by atomic mass is 10.2. The highest BCUT2D eigenvalue weighted by molar-refractivity contribution is 9.10. The molecule has 0 spiro atoms. The number of hydrogen-bond donors (Lipinski definition) is 0. The minimum atomic E-state index is -0.225. The van der Waals surface area contributed by atoms with Gasteiger partial charge in [-0.2, -0.15) is 0 Å². The van der Waals surface area contributed by atoms with Gasteiger partial charge < -0.3 is 0 Å². The topological polar surface area (TPSA) is 25.8 Å². The van der Waals surface area contributed by atoms with Gasteiger partial charge in [0.2, 0.25) is 0 Å². The molecule has 0 fully saturated rings. The van der Waals surface area contributed by atoms with Crippen LogP contribution in [-0.4, -0.2) is 16.5 Å². The fourth-order valence-corrected chi connectivity index (χ4v) is 4.06. The molecule has 0 aliphatic heterocycles. The maximum atomic E-state index is 13.1. The molecule has 7 heteroatoms. The lowest BCUT2D eigenvalue weighted by Gasteiger charge is -2.00. The lowest BCUT2D eigenvalue weighted by Crippen LogP contribution is -1.83. The minimum absolute atomic E-state index is 0.225. The van der Waals surface area contributed by atoms with E-state index in [-0.39, 0.29) is 5.82 Å². The fourth-order valence-electron chi connectivity index (χ4n) is 1.18. The first-order valence-electron chi connectivity index (χ1n) is 4.62. The standard InChI is InChI=1S/C10H8BrFN2S3/c1-15-9-13-14-10(17-9)16-5-6-2-7(11)4-8(12)3-6/h2-4H,5H2,1H3. The Labute approximate surface area is 120 Å². The Morgan fingerprint density at radius 1 is 1.29 bits per heavy atom. The first-order chi connectivity index (χ1) is 8.17. The van der Waals surface area contributed by atoms with Crippen molar-refractivity contribution in [1.82, 2.24) is 10.2 Å². The summed E-state index contributed by atoms with van der Waals surface area (Å²) in [6.45, 7) is 0. The Hall–Kier alpha value is -0.110. The van der Waals surface area contributed by atoms with Crippen molar-refractivity contribution in [1.29, 1.82) is 0 Å². The van der Waals surface area contributed by atoms with E-state index in [2.05, 4.69) is 26.1 Å². The average molecular weight is 351 g/mol. The van der Waals surface area contributed by atoms with Gasteiger partial charge in [0.25, 0.3) is 0 Å². The summed E-state index contributed by atoms with van der Waals surface area (Å²) in [5.41, 5.74) is 0.933. The van der Waals surface area contributed by atoms with E-state index in [0.29, 0.717) is 5.75 Å². The average Bonchev–Trinajstić information content (AvgIpc) is 2.73. The van der Waals surface area contributed by atoms with Crippen LogP contribution in [0.4, 0.5) is 4.39 Å². The number of benzene rings is 1. The van der Waals surface area contributed by atoms with Gasteiger partial charge in [0, 0.05) is 10.2 Å². The molecular weight excluding hydrogens is 343 g/mol. The highest BCUT2D eigenvalue weighted by atomic mass is 79.9. The van der Waals surface area contributed by atoms with Crippen LogP contribution in [0.5, 0.6) is 0 Å². The van der Waals surface area contributed by atoms with Gasteiger partial charge in [-0.3, -0.25) is 0 Å². The number of nitrogens with zero attached hydrogens (tertiary/aromatic N) is 2. The molecule has 0 atom stereocenters. The van der Waals surface area contributed by atoms with Crippen LogP contribution < -0.4 is 0 Å². The number of aromatic nitrogens is 2. The molecule has 90 valence electrons. The second kappa shape index (κ2) is 6.17. The summed E-state index contributed by atoms with van der Waals surface area (Å²) >= 11 is 7.99. The second-order valence-corrected chi connectivity index (χ2v) is 7.27. The SMILES string of the molecule is CSc1nnc(SCc2cc(F)cc(Br)c2)s1. The molecule has 0 aliphatic carbocycles. The minimum Gasteiger partial charge on any atom is -0.207 e. The van der Waals surface area contributed by atoms with E-state index in [1.807, 2.05) is 12.3 Å². The predicted octanol–water partition coefficient (Wildman–Crippen LogP) is 4.45. The van der Waals surface area contributed by atoms with E-state index in [1.165, 1.54) is 12.1 Å². The first kappa shape index (κ1) is 13.3. The van der Waals surface area contributed by atoms with Gasteiger partial charge >= 0.3 is 0 Å². The Morgan fingerprint density at radius 2 is 2.06 bits per heavy atom. The number of hydrogen-bond acceptors (Lipinski definition) is 5. The van der Waals surface area contributed by atoms with E-state index in [0.717, 1.165) is 18.7 Å². The summed E-state index contributed by atoms with van der Waals surface area (Å²) in [5.74, 6) is 0.469. The molecule has 0 amide bonds. The molecule has 1 heterocycles. The molecule has 0 radical (unpaired) electrons. The molecule has 0 aliphatic rings. The van der Waals surface area contributed by atoms with E-state index in [4.69, 9.17) is 0 Å². The van der Waals surface area contributed by atoms with Crippen LogP contribution in [0.3, 0.4) is 0 Å². The molecule has 0 bridgehead atoms. The molecule has 0 saturated heterocycles. The summed E-state index contributed by atoms with van der Waals surface area (Å²) in [7, 11) is 0. The quantitative estimate of drug-likeness (QED) is 0.760. The smallest absolute Gasteiger partial charge is 0.175 e. The third-order valence-electron chi connectivity index (χ3n) is 1.85. The van der Waals surface area contributed by atoms with Gasteiger partial charge in [-0.1, -0.05) is 50.8 Å². The van der Waals surface area contributed by atoms with Gasteiger partial charge in [0.1, 0.15) is 5.82 Å². The number of halogens is 2. The zero-order chi connectivity index (χ0) is 12.3. The van der Waals surface area contributed by atoms with Crippen LogP contribution in [0, 0.1) is 5.82 Å². The molecule has 2 aromatic rings. The Bertz CT molecular complexity index is 498. The highest BCUT2D eigenvalue weighted by Gasteiger charge is 2.05. The van der Waals surface area contributed by atoms with Crippen molar-refractivity contribution in [3.63, 3.8) is 0 Å². The highest BCUT2D eigenvalue weighted by Crippen LogP contribution is 2.30. The number of rotatable bonds is 4. The molecular formula is C10H8BrFN2S3. The second-order valence-electron chi connectivity index (χ2n) is 3.10. The molecule has 0 N–H and O–H groups in total. The summed E-state index contributed by atoms with van der Waals surface area (Å²) < 4.78 is 15.8. The zero-order valence-electron chi connectivity index (χ0n) is 8.81. The maximum absolute atomic E-state index is 13.1. The lowest BCUT2D eigenvalue weighted by molar-refractivity contribution is 0.625. The van der Waals surface area contributed by atoms with Gasteiger partial charge in [-0.05, 0) is 30.0 Å². The monoisotopic (exact) mass is 350 g/mol. The fraction of sp³-hybridized carbons (Fsp3) is 0.200. The van der Waals surface area contributed by atoms with Crippen molar-refractivity contribution < 1.29 is 4.39 Å². The van der Waals surface area contributed by atoms with Gasteiger partial charge in [0.05, 0.1) is 0 Å². The van der Waals surface area contributed by atoms with Crippen LogP contribution in [0.25, 0.3) is 0 Å². The third kappa shape index (κ3) is 3.94. The van der Waals surface area contributed by atoms with Gasteiger partial charge in [0.15, 0.2) is 8.68 Å². The molecule has 0 saturated carbocycles. The summed E-state index contributed by atoms with van der Waals surface area (Å²) in [6, 6.07) is 4.89. The first-order valence-corrected chi connectivity index (χ1v) is 8.44. The van der Waals surface area contributed by atoms with Crippen molar-refractivity contribution >= 4 is 50.8 Å². The van der Waals surface area contributed by atoms with E-state index in [9.17, 15) is 4.39 Å². The van der Waals surface area contributed by atoms with E-state index in [1.54, 1.807) is 34.9 Å². The molecule has 1 aromatic heterocycles. The molecule has 2 nitrogen and oxygen atoms in total. The zero-order valence-corrected chi connectivity index (χ0v) is 12.8. The van der Waals surface area contributed by atoms with Crippen LogP contribution in [0.15, 0.2) is 31.4 Å². The van der Waals surface area contributed by atoms with E-state index < -0.39 is 0 Å². The van der Waals surface area contributed by atoms with Crippen molar-refractivity contribution in [2.24, 2.45) is 0 Å². The molecule has 0 unspecified atom stereocenters. The molecule has 2 rings (SSSR count). The third-order valence-corrected chi connectivity index (χ3v) is 5.41. The van der Waals surface area contributed by atoms with Crippen molar-refractivity contribution in [2.45, 2.75) is 14.4 Å². The van der Waals surface area contributed by atoms with Crippen molar-refractivity contribution in [2.75, 3.05) is 6.26 Å². The largest absolute Gasteiger partial charge is 0.207 e. The molecule has 1 aromatic carbocycles. The predicted molar refractivity (Wildman–Crippen MR) is 75.4 cm³/mol. The van der Waals surface area contributed by atoms with Crippen molar-refractivity contribution in [3.8, 4) is 0 Å². The van der Waals surface area contributed by atoms with E-state index >= 15 is 0 Å². The summed E-state index contributed by atoms with van der Waals surface area (Å²) in [5, 5.41) is 8.06. The van der Waals surface area contributed by atoms with Crippen molar-refractivity contribution in [3.05, 3.63) is 34.1 Å². The summed E-state index contributed by atoms with van der Waals surface area (Å²) in [6.07, 6.45) is 1.97. The Balaban J connectivity index is 2.01. The van der Waals surface area contributed by atoms with Gasteiger partial charge in [-0.15, -0.1) is 10.2 Å². The van der Waals surface area contributed by atoms with Gasteiger partial charge in [-0.25, -0.2) is 4.39 Å². The Morgan fingerprint density at radius 3 is 2.71 bits per heavy atom. The number of thioether (sulfide) groups is 2. The molecule has 17 heavy (non-hydrogen) atoms. The van der Waals surface area contributed by atoms with Crippen LogP contribution in [0.2, 0.25) is 0 Å². The van der Waals surface area contributed by atoms with Crippen LogP contribution >= 0.6 is 50.8 Å². The Kier molecular flexibility index (Phi) is 4.84. The van der Waals surface area contributed by atoms with Crippen LogP contribution in [-0.2, 0) is 5.75 Å². The summed E-state index contributed by atoms with van der Waals surface area (Å²) in [4.78, 5) is 0.